The average Bonchev–Trinajstić information content (AvgIpc) is 1.99. The smallest absolute Gasteiger partial charge is 0.422 e. The Morgan fingerprint density at radius 3 is 2.20 bits per heavy atom. The molecule has 1 rings (SSSR count). The third-order valence-corrected chi connectivity index (χ3v) is 2.22. The molecule has 0 aliphatic heterocycles. The standard InChI is InChI=1S/C7H4Cl2F3O2P/c8-15(9,13)14-6-4-2-1-3-5(6)7(10,11)12/h1-4H. The lowest BCUT2D eigenvalue weighted by Crippen LogP contribution is -2.06. The fraction of sp³-hybridized carbons (Fsp3) is 0.143. The monoisotopic (exact) mass is 278 g/mol. The highest BCUT2D eigenvalue weighted by Crippen LogP contribution is 2.58. The minimum Gasteiger partial charge on any atom is -0.422 e. The van der Waals surface area contributed by atoms with Crippen molar-refractivity contribution in [2.75, 3.05) is 0 Å². The molecule has 1 aromatic carbocycles. The van der Waals surface area contributed by atoms with Gasteiger partial charge in [-0.2, -0.15) is 13.2 Å². The van der Waals surface area contributed by atoms with Gasteiger partial charge in [-0.3, -0.25) is 0 Å². The number of hydrogen-bond acceptors (Lipinski definition) is 2. The van der Waals surface area contributed by atoms with E-state index in [0.717, 1.165) is 12.1 Å². The van der Waals surface area contributed by atoms with E-state index >= 15 is 0 Å². The van der Waals surface area contributed by atoms with Crippen LogP contribution >= 0.6 is 28.6 Å². The number of rotatable bonds is 2. The summed E-state index contributed by atoms with van der Waals surface area (Å²) in [7, 11) is 0. The molecule has 15 heavy (non-hydrogen) atoms. The quantitative estimate of drug-likeness (QED) is 0.735. The van der Waals surface area contributed by atoms with Gasteiger partial charge in [0, 0.05) is 22.5 Å². The van der Waals surface area contributed by atoms with Crippen LogP contribution in [0.1, 0.15) is 5.56 Å². The summed E-state index contributed by atoms with van der Waals surface area (Å²) in [6, 6.07) is 4.22. The van der Waals surface area contributed by atoms with Gasteiger partial charge in [-0.05, 0) is 12.1 Å². The van der Waals surface area contributed by atoms with Crippen LogP contribution in [-0.2, 0) is 10.7 Å². The largest absolute Gasteiger partial charge is 0.428 e. The van der Waals surface area contributed by atoms with Crippen molar-refractivity contribution < 1.29 is 22.3 Å². The Kier molecular flexibility index (Phi) is 3.59. The molecule has 84 valence electrons. The molecule has 0 aliphatic rings. The Morgan fingerprint density at radius 2 is 1.73 bits per heavy atom. The summed E-state index contributed by atoms with van der Waals surface area (Å²) in [5, 5.41) is 0. The second-order valence-corrected chi connectivity index (χ2v) is 6.70. The summed E-state index contributed by atoms with van der Waals surface area (Å²) in [5.74, 6) is -0.654. The van der Waals surface area contributed by atoms with Crippen molar-refractivity contribution in [2.45, 2.75) is 6.18 Å². The molecule has 0 radical (unpaired) electrons. The highest BCUT2D eigenvalue weighted by molar-refractivity contribution is 8.05. The lowest BCUT2D eigenvalue weighted by Gasteiger charge is -2.13. The topological polar surface area (TPSA) is 26.3 Å². The van der Waals surface area contributed by atoms with Crippen molar-refractivity contribution in [3.63, 3.8) is 0 Å². The van der Waals surface area contributed by atoms with Crippen molar-refractivity contribution in [2.24, 2.45) is 0 Å². The summed E-state index contributed by atoms with van der Waals surface area (Å²) in [4.78, 5) is 0. The predicted molar refractivity (Wildman–Crippen MR) is 51.4 cm³/mol. The van der Waals surface area contributed by atoms with Gasteiger partial charge in [0.2, 0.25) is 0 Å². The Morgan fingerprint density at radius 1 is 1.20 bits per heavy atom. The van der Waals surface area contributed by atoms with E-state index < -0.39 is 23.6 Å². The van der Waals surface area contributed by atoms with Crippen molar-refractivity contribution in [1.29, 1.82) is 0 Å². The fourth-order valence-electron chi connectivity index (χ4n) is 0.895. The van der Waals surface area contributed by atoms with Crippen LogP contribution in [0.5, 0.6) is 5.75 Å². The first-order chi connectivity index (χ1) is 6.70. The summed E-state index contributed by atoms with van der Waals surface area (Å²) in [6.07, 6.45) is -8.65. The molecule has 0 fully saturated rings. The van der Waals surface area contributed by atoms with E-state index in [9.17, 15) is 17.7 Å². The van der Waals surface area contributed by atoms with E-state index in [1.165, 1.54) is 12.1 Å². The molecule has 2 nitrogen and oxygen atoms in total. The van der Waals surface area contributed by atoms with Crippen LogP contribution in [0.2, 0.25) is 0 Å². The van der Waals surface area contributed by atoms with Crippen LogP contribution in [0.25, 0.3) is 0 Å². The van der Waals surface area contributed by atoms with E-state index in [1.54, 1.807) is 0 Å². The van der Waals surface area contributed by atoms with Gasteiger partial charge in [-0.25, -0.2) is 4.57 Å². The lowest BCUT2D eigenvalue weighted by atomic mass is 10.2. The molecule has 0 spiro atoms. The fourth-order valence-corrected chi connectivity index (χ4v) is 1.73. The second kappa shape index (κ2) is 4.24. The van der Waals surface area contributed by atoms with Crippen molar-refractivity contribution in [3.8, 4) is 5.75 Å². The van der Waals surface area contributed by atoms with Crippen LogP contribution in [0.15, 0.2) is 24.3 Å². The molecule has 0 heterocycles. The number of benzene rings is 1. The minimum absolute atomic E-state index is 0.654. The molecule has 0 aliphatic carbocycles. The zero-order valence-electron chi connectivity index (χ0n) is 6.96. The Balaban J connectivity index is 3.14. The SMILES string of the molecule is O=P(Cl)(Cl)Oc1ccccc1C(F)(F)F. The Hall–Kier alpha value is -0.380. The van der Waals surface area contributed by atoms with Gasteiger partial charge in [0.15, 0.2) is 0 Å². The highest BCUT2D eigenvalue weighted by Gasteiger charge is 2.35. The zero-order valence-corrected chi connectivity index (χ0v) is 9.37. The number of alkyl halides is 3. The molecular formula is C7H4Cl2F3O2P. The molecule has 0 bridgehead atoms. The van der Waals surface area contributed by atoms with Gasteiger partial charge in [0.1, 0.15) is 5.75 Å². The van der Waals surface area contributed by atoms with E-state index in [2.05, 4.69) is 4.52 Å². The van der Waals surface area contributed by atoms with Crippen molar-refractivity contribution in [3.05, 3.63) is 29.8 Å². The second-order valence-electron chi connectivity index (χ2n) is 2.50. The molecule has 0 N–H and O–H groups in total. The molecule has 0 aromatic heterocycles. The van der Waals surface area contributed by atoms with Gasteiger partial charge in [-0.1, -0.05) is 12.1 Å². The Labute approximate surface area is 93.0 Å². The third kappa shape index (κ3) is 3.93. The molecule has 0 amide bonds. The zero-order chi connectivity index (χ0) is 11.7. The van der Waals surface area contributed by atoms with Gasteiger partial charge >= 0.3 is 12.3 Å². The average molecular weight is 279 g/mol. The van der Waals surface area contributed by atoms with Crippen molar-refractivity contribution in [1.82, 2.24) is 0 Å². The van der Waals surface area contributed by atoms with Crippen LogP contribution in [0.3, 0.4) is 0 Å². The molecule has 0 saturated carbocycles. The summed E-state index contributed by atoms with van der Waals surface area (Å²) >= 11 is 10.0. The van der Waals surface area contributed by atoms with E-state index in [-0.39, 0.29) is 0 Å². The predicted octanol–water partition coefficient (Wildman–Crippen LogP) is 4.67. The molecule has 8 heteroatoms. The van der Waals surface area contributed by atoms with Crippen molar-refractivity contribution >= 4 is 28.6 Å². The van der Waals surface area contributed by atoms with Gasteiger partial charge in [0.05, 0.1) is 5.56 Å². The number of hydrogen-bond donors (Lipinski definition) is 0. The maximum Gasteiger partial charge on any atom is 0.428 e. The maximum atomic E-state index is 12.4. The molecule has 0 atom stereocenters. The van der Waals surface area contributed by atoms with Crippen LogP contribution in [-0.4, -0.2) is 0 Å². The molecule has 0 saturated heterocycles. The minimum atomic E-state index is -4.61. The lowest BCUT2D eigenvalue weighted by molar-refractivity contribution is -0.138. The van der Waals surface area contributed by atoms with Crippen LogP contribution < -0.4 is 4.52 Å². The maximum absolute atomic E-state index is 12.4. The summed E-state index contributed by atoms with van der Waals surface area (Å²) < 4.78 is 52.2. The van der Waals surface area contributed by atoms with Crippen LogP contribution in [0.4, 0.5) is 13.2 Å². The highest BCUT2D eigenvalue weighted by atomic mass is 35.9. The number of para-hydroxylation sites is 1. The first-order valence-corrected chi connectivity index (χ1v) is 6.99. The first-order valence-electron chi connectivity index (χ1n) is 3.55. The van der Waals surface area contributed by atoms with Crippen LogP contribution in [0, 0.1) is 0 Å². The molecule has 0 unspecified atom stereocenters. The van der Waals surface area contributed by atoms with Gasteiger partial charge in [0.25, 0.3) is 0 Å². The Bertz CT molecular complexity index is 401. The van der Waals surface area contributed by atoms with E-state index in [4.69, 9.17) is 22.5 Å². The van der Waals surface area contributed by atoms with E-state index in [0.29, 0.717) is 0 Å². The molecular weight excluding hydrogens is 275 g/mol. The van der Waals surface area contributed by atoms with Gasteiger partial charge in [-0.15, -0.1) is 0 Å². The van der Waals surface area contributed by atoms with E-state index in [1.807, 2.05) is 0 Å². The first kappa shape index (κ1) is 12.7. The number of halogens is 5. The normalized spacial score (nSPS) is 12.6. The van der Waals surface area contributed by atoms with Gasteiger partial charge < -0.3 is 4.52 Å². The molecule has 1 aromatic rings. The summed E-state index contributed by atoms with van der Waals surface area (Å²) in [5.41, 5.74) is -1.08. The third-order valence-electron chi connectivity index (χ3n) is 1.40. The summed E-state index contributed by atoms with van der Waals surface area (Å²) in [6.45, 7) is 0.